The molecule has 0 heterocycles. The molecule has 4 heteroatoms. The van der Waals surface area contributed by atoms with Crippen molar-refractivity contribution < 1.29 is 4.74 Å². The third-order valence-electron chi connectivity index (χ3n) is 3.19. The van der Waals surface area contributed by atoms with E-state index >= 15 is 0 Å². The molecule has 0 saturated carbocycles. The van der Waals surface area contributed by atoms with Crippen LogP contribution in [0, 0.1) is 11.8 Å². The quantitative estimate of drug-likeness (QED) is 0.584. The van der Waals surface area contributed by atoms with Gasteiger partial charge in [0.15, 0.2) is 5.11 Å². The Morgan fingerprint density at radius 3 is 2.52 bits per heavy atom. The number of ether oxygens (including phenoxy) is 1. The van der Waals surface area contributed by atoms with Crippen molar-refractivity contribution in [3.63, 3.8) is 0 Å². The van der Waals surface area contributed by atoms with Gasteiger partial charge >= 0.3 is 0 Å². The molecule has 0 aliphatic rings. The van der Waals surface area contributed by atoms with Gasteiger partial charge in [0.1, 0.15) is 12.4 Å². The lowest BCUT2D eigenvalue weighted by molar-refractivity contribution is 0.356. The van der Waals surface area contributed by atoms with E-state index in [1.165, 1.54) is 0 Å². The Kier molecular flexibility index (Phi) is 7.23. The molecule has 0 aromatic heterocycles. The third-order valence-corrected chi connectivity index (χ3v) is 3.41. The minimum atomic E-state index is 0.352. The standard InChI is InChI=1S/C17H26N2OS/c1-6-10-20-15-9-7-8-14(11-15)18-17(21)19-16(12(2)3)13(4)5/h6-9,11-13,16H,1,10H2,2-5H3,(H2,18,19,21). The first-order chi connectivity index (χ1) is 9.93. The molecule has 0 aliphatic heterocycles. The minimum Gasteiger partial charge on any atom is -0.489 e. The molecule has 2 N–H and O–H groups in total. The Hall–Kier alpha value is -1.55. The second-order valence-electron chi connectivity index (χ2n) is 5.74. The van der Waals surface area contributed by atoms with E-state index in [1.807, 2.05) is 24.3 Å². The van der Waals surface area contributed by atoms with Crippen LogP contribution in [-0.4, -0.2) is 17.8 Å². The predicted molar refractivity (Wildman–Crippen MR) is 95.0 cm³/mol. The number of hydrogen-bond acceptors (Lipinski definition) is 2. The van der Waals surface area contributed by atoms with Crippen LogP contribution >= 0.6 is 12.2 Å². The second-order valence-corrected chi connectivity index (χ2v) is 6.15. The fourth-order valence-corrected chi connectivity index (χ4v) is 2.49. The summed E-state index contributed by atoms with van der Waals surface area (Å²) in [6.45, 7) is 12.9. The molecule has 1 aromatic rings. The average molecular weight is 306 g/mol. The Labute approximate surface area is 133 Å². The summed E-state index contributed by atoms with van der Waals surface area (Å²) in [5, 5.41) is 7.25. The summed E-state index contributed by atoms with van der Waals surface area (Å²) in [6, 6.07) is 8.10. The summed E-state index contributed by atoms with van der Waals surface area (Å²) in [6.07, 6.45) is 1.72. The highest BCUT2D eigenvalue weighted by Gasteiger charge is 2.18. The van der Waals surface area contributed by atoms with Crippen LogP contribution in [0.4, 0.5) is 5.69 Å². The van der Waals surface area contributed by atoms with Crippen LogP contribution < -0.4 is 15.4 Å². The highest BCUT2D eigenvalue weighted by molar-refractivity contribution is 7.80. The Morgan fingerprint density at radius 2 is 1.95 bits per heavy atom. The van der Waals surface area contributed by atoms with Crippen LogP contribution in [0.5, 0.6) is 5.75 Å². The Bertz CT molecular complexity index is 464. The van der Waals surface area contributed by atoms with Crippen molar-refractivity contribution in [2.45, 2.75) is 33.7 Å². The van der Waals surface area contributed by atoms with Gasteiger partial charge in [0.05, 0.1) is 0 Å². The highest BCUT2D eigenvalue weighted by atomic mass is 32.1. The predicted octanol–water partition coefficient (Wildman–Crippen LogP) is 4.22. The molecule has 0 spiro atoms. The van der Waals surface area contributed by atoms with E-state index in [4.69, 9.17) is 17.0 Å². The van der Waals surface area contributed by atoms with E-state index in [9.17, 15) is 0 Å². The van der Waals surface area contributed by atoms with Gasteiger partial charge in [-0.05, 0) is 36.2 Å². The molecular weight excluding hydrogens is 280 g/mol. The summed E-state index contributed by atoms with van der Waals surface area (Å²) < 4.78 is 5.51. The number of anilines is 1. The first-order valence-electron chi connectivity index (χ1n) is 7.35. The lowest BCUT2D eigenvalue weighted by Gasteiger charge is -2.27. The van der Waals surface area contributed by atoms with Crippen LogP contribution in [0.3, 0.4) is 0 Å². The molecule has 1 rings (SSSR count). The largest absolute Gasteiger partial charge is 0.489 e. The lowest BCUT2D eigenvalue weighted by atomic mass is 9.93. The van der Waals surface area contributed by atoms with Gasteiger partial charge in [-0.15, -0.1) is 0 Å². The van der Waals surface area contributed by atoms with Crippen molar-refractivity contribution in [3.8, 4) is 5.75 Å². The van der Waals surface area contributed by atoms with E-state index in [0.29, 0.717) is 29.6 Å². The van der Waals surface area contributed by atoms with Gasteiger partial charge in [-0.2, -0.15) is 0 Å². The molecule has 0 unspecified atom stereocenters. The van der Waals surface area contributed by atoms with E-state index in [2.05, 4.69) is 44.9 Å². The van der Waals surface area contributed by atoms with Crippen molar-refractivity contribution in [3.05, 3.63) is 36.9 Å². The van der Waals surface area contributed by atoms with Crippen molar-refractivity contribution in [2.24, 2.45) is 11.8 Å². The van der Waals surface area contributed by atoms with Crippen molar-refractivity contribution in [1.82, 2.24) is 5.32 Å². The normalized spacial score (nSPS) is 10.8. The van der Waals surface area contributed by atoms with Crippen LogP contribution in [0.2, 0.25) is 0 Å². The van der Waals surface area contributed by atoms with Crippen molar-refractivity contribution in [1.29, 1.82) is 0 Å². The summed E-state index contributed by atoms with van der Waals surface area (Å²) in [5.74, 6) is 1.84. The van der Waals surface area contributed by atoms with Gasteiger partial charge < -0.3 is 15.4 Å². The minimum absolute atomic E-state index is 0.352. The molecule has 21 heavy (non-hydrogen) atoms. The number of nitrogens with one attached hydrogen (secondary N) is 2. The monoisotopic (exact) mass is 306 g/mol. The maximum absolute atomic E-state index is 5.51. The van der Waals surface area contributed by atoms with Gasteiger partial charge in [-0.1, -0.05) is 46.4 Å². The smallest absolute Gasteiger partial charge is 0.171 e. The topological polar surface area (TPSA) is 33.3 Å². The maximum atomic E-state index is 5.51. The number of hydrogen-bond donors (Lipinski definition) is 2. The van der Waals surface area contributed by atoms with E-state index in [1.54, 1.807) is 6.08 Å². The van der Waals surface area contributed by atoms with Gasteiger partial charge in [0.2, 0.25) is 0 Å². The maximum Gasteiger partial charge on any atom is 0.171 e. The van der Waals surface area contributed by atoms with E-state index < -0.39 is 0 Å². The van der Waals surface area contributed by atoms with E-state index in [-0.39, 0.29) is 0 Å². The Balaban J connectivity index is 2.63. The molecule has 116 valence electrons. The fraction of sp³-hybridized carbons (Fsp3) is 0.471. The third kappa shape index (κ3) is 6.17. The number of benzene rings is 1. The molecule has 0 fully saturated rings. The number of thiocarbonyl (C=S) groups is 1. The molecule has 0 aliphatic carbocycles. The molecule has 0 radical (unpaired) electrons. The van der Waals surface area contributed by atoms with Crippen LogP contribution in [-0.2, 0) is 0 Å². The first-order valence-corrected chi connectivity index (χ1v) is 7.76. The average Bonchev–Trinajstić information content (AvgIpc) is 2.42. The fourth-order valence-electron chi connectivity index (χ4n) is 2.24. The summed E-state index contributed by atoms with van der Waals surface area (Å²) in [7, 11) is 0. The summed E-state index contributed by atoms with van der Waals surface area (Å²) in [4.78, 5) is 0. The van der Waals surface area contributed by atoms with Crippen LogP contribution in [0.25, 0.3) is 0 Å². The van der Waals surface area contributed by atoms with Gasteiger partial charge in [-0.25, -0.2) is 0 Å². The van der Waals surface area contributed by atoms with Crippen LogP contribution in [0.1, 0.15) is 27.7 Å². The molecular formula is C17H26N2OS. The zero-order valence-electron chi connectivity index (χ0n) is 13.3. The van der Waals surface area contributed by atoms with Crippen molar-refractivity contribution >= 4 is 23.0 Å². The van der Waals surface area contributed by atoms with Crippen LogP contribution in [0.15, 0.2) is 36.9 Å². The molecule has 1 aromatic carbocycles. The lowest BCUT2D eigenvalue weighted by Crippen LogP contribution is -2.44. The highest BCUT2D eigenvalue weighted by Crippen LogP contribution is 2.18. The van der Waals surface area contributed by atoms with Gasteiger partial charge in [-0.3, -0.25) is 0 Å². The zero-order chi connectivity index (χ0) is 15.8. The molecule has 0 bridgehead atoms. The summed E-state index contributed by atoms with van der Waals surface area (Å²) >= 11 is 5.40. The Morgan fingerprint density at radius 1 is 1.29 bits per heavy atom. The summed E-state index contributed by atoms with van der Waals surface area (Å²) in [5.41, 5.74) is 0.917. The molecule has 0 saturated heterocycles. The molecule has 0 amide bonds. The first kappa shape index (κ1) is 17.5. The number of rotatable bonds is 7. The van der Waals surface area contributed by atoms with Crippen molar-refractivity contribution in [2.75, 3.05) is 11.9 Å². The molecule has 3 nitrogen and oxygen atoms in total. The molecule has 0 atom stereocenters. The zero-order valence-corrected chi connectivity index (χ0v) is 14.2. The van der Waals surface area contributed by atoms with Gasteiger partial charge in [0, 0.05) is 17.8 Å². The van der Waals surface area contributed by atoms with E-state index in [0.717, 1.165) is 11.4 Å². The SMILES string of the molecule is C=CCOc1cccc(NC(=S)NC(C(C)C)C(C)C)c1. The second kappa shape index (κ2) is 8.67. The van der Waals surface area contributed by atoms with Gasteiger partial charge in [0.25, 0.3) is 0 Å².